The third-order valence-electron chi connectivity index (χ3n) is 4.75. The predicted octanol–water partition coefficient (Wildman–Crippen LogP) is 2.25. The fourth-order valence-corrected chi connectivity index (χ4v) is 3.54. The molecule has 4 rings (SSSR count). The molecule has 2 aromatic rings. The summed E-state index contributed by atoms with van der Waals surface area (Å²) in [6.07, 6.45) is 3.76. The van der Waals surface area contributed by atoms with Crippen LogP contribution in [0.2, 0.25) is 0 Å². The van der Waals surface area contributed by atoms with Crippen molar-refractivity contribution in [1.29, 1.82) is 0 Å². The van der Waals surface area contributed by atoms with Gasteiger partial charge in [0.2, 0.25) is 5.43 Å². The Morgan fingerprint density at radius 3 is 2.74 bits per heavy atom. The Hall–Kier alpha value is -2.50. The van der Waals surface area contributed by atoms with E-state index in [-0.39, 0.29) is 11.6 Å². The number of ether oxygens (including phenoxy) is 1. The number of carboxylic acid groups (broad SMARTS) is 1. The molecule has 0 amide bonds. The lowest BCUT2D eigenvalue weighted by Crippen LogP contribution is -2.28. The van der Waals surface area contributed by atoms with E-state index in [1.807, 2.05) is 17.6 Å². The van der Waals surface area contributed by atoms with E-state index < -0.39 is 11.4 Å². The molecule has 1 atom stereocenters. The maximum Gasteiger partial charge on any atom is 0.341 e. The van der Waals surface area contributed by atoms with Gasteiger partial charge in [-0.3, -0.25) is 4.79 Å². The summed E-state index contributed by atoms with van der Waals surface area (Å²) in [4.78, 5) is 26.1. The predicted molar refractivity (Wildman–Crippen MR) is 86.8 cm³/mol. The van der Waals surface area contributed by atoms with Crippen molar-refractivity contribution in [2.75, 3.05) is 24.6 Å². The molecule has 2 aliphatic heterocycles. The van der Waals surface area contributed by atoms with Crippen molar-refractivity contribution in [3.05, 3.63) is 34.1 Å². The van der Waals surface area contributed by atoms with Gasteiger partial charge in [0, 0.05) is 19.3 Å². The van der Waals surface area contributed by atoms with Crippen LogP contribution in [0.1, 0.15) is 36.2 Å². The molecule has 2 aliphatic rings. The number of nitrogens with zero attached hydrogens (tertiary/aromatic N) is 2. The van der Waals surface area contributed by atoms with E-state index in [1.165, 1.54) is 6.20 Å². The standard InChI is InChI=1S/C17H18N2O4/c1-10-9-23-16-13(18-6-2-3-7-18)5-4-11-14(16)19(10)8-12(15(11)20)17(21)22/h4-5,8,10H,2-3,6-7,9H2,1H3,(H,21,22). The molecule has 1 saturated heterocycles. The number of carboxylic acids is 1. The highest BCUT2D eigenvalue weighted by Crippen LogP contribution is 2.40. The molecule has 6 nitrogen and oxygen atoms in total. The van der Waals surface area contributed by atoms with Gasteiger partial charge in [0.15, 0.2) is 5.75 Å². The minimum Gasteiger partial charge on any atom is -0.487 e. The molecule has 1 N–H and O–H groups in total. The first-order valence-electron chi connectivity index (χ1n) is 7.91. The summed E-state index contributed by atoms with van der Waals surface area (Å²) in [6, 6.07) is 3.60. The monoisotopic (exact) mass is 314 g/mol. The van der Waals surface area contributed by atoms with Gasteiger partial charge in [-0.2, -0.15) is 0 Å². The summed E-state index contributed by atoms with van der Waals surface area (Å²) in [5.74, 6) is -0.485. The van der Waals surface area contributed by atoms with Crippen molar-refractivity contribution >= 4 is 22.6 Å². The van der Waals surface area contributed by atoms with E-state index >= 15 is 0 Å². The van der Waals surface area contributed by atoms with Gasteiger partial charge in [0.25, 0.3) is 0 Å². The molecule has 3 heterocycles. The SMILES string of the molecule is CC1COc2c(N3CCCC3)ccc3c(=O)c(C(=O)O)cn1c23. The highest BCUT2D eigenvalue weighted by Gasteiger charge is 2.27. The van der Waals surface area contributed by atoms with Crippen molar-refractivity contribution in [3.63, 3.8) is 0 Å². The van der Waals surface area contributed by atoms with Crippen LogP contribution in [0.3, 0.4) is 0 Å². The van der Waals surface area contributed by atoms with Gasteiger partial charge in [-0.05, 0) is 31.9 Å². The Kier molecular flexibility index (Phi) is 3.07. The van der Waals surface area contributed by atoms with E-state index in [4.69, 9.17) is 4.74 Å². The Morgan fingerprint density at radius 2 is 2.04 bits per heavy atom. The maximum atomic E-state index is 12.5. The maximum absolute atomic E-state index is 12.5. The van der Waals surface area contributed by atoms with Crippen molar-refractivity contribution in [3.8, 4) is 5.75 Å². The Morgan fingerprint density at radius 1 is 1.30 bits per heavy atom. The van der Waals surface area contributed by atoms with Gasteiger partial charge in [0.05, 0.1) is 22.6 Å². The largest absolute Gasteiger partial charge is 0.487 e. The number of benzene rings is 1. The van der Waals surface area contributed by atoms with Crippen LogP contribution in [-0.2, 0) is 0 Å². The minimum absolute atomic E-state index is 0.0162. The lowest BCUT2D eigenvalue weighted by molar-refractivity contribution is 0.0694. The highest BCUT2D eigenvalue weighted by molar-refractivity contribution is 5.97. The average molecular weight is 314 g/mol. The van der Waals surface area contributed by atoms with Gasteiger partial charge >= 0.3 is 5.97 Å². The van der Waals surface area contributed by atoms with E-state index in [0.29, 0.717) is 23.3 Å². The summed E-state index contributed by atoms with van der Waals surface area (Å²) in [6.45, 7) is 4.39. The number of rotatable bonds is 2. The molecule has 1 aromatic heterocycles. The molecule has 0 aliphatic carbocycles. The van der Waals surface area contributed by atoms with Crippen molar-refractivity contribution in [2.24, 2.45) is 0 Å². The van der Waals surface area contributed by atoms with Gasteiger partial charge in [-0.1, -0.05) is 0 Å². The minimum atomic E-state index is -1.19. The van der Waals surface area contributed by atoms with E-state index in [9.17, 15) is 14.7 Å². The van der Waals surface area contributed by atoms with E-state index in [0.717, 1.165) is 31.6 Å². The summed E-state index contributed by atoms with van der Waals surface area (Å²) in [5.41, 5.74) is 1.07. The molecule has 0 saturated carbocycles. The van der Waals surface area contributed by atoms with Gasteiger partial charge < -0.3 is 19.3 Å². The first kappa shape index (κ1) is 14.1. The molecule has 0 bridgehead atoms. The summed E-state index contributed by atoms with van der Waals surface area (Å²) in [7, 11) is 0. The quantitative estimate of drug-likeness (QED) is 0.920. The fourth-order valence-electron chi connectivity index (χ4n) is 3.54. The highest BCUT2D eigenvalue weighted by atomic mass is 16.5. The molecule has 120 valence electrons. The molecule has 1 unspecified atom stereocenters. The van der Waals surface area contributed by atoms with Crippen LogP contribution < -0.4 is 15.1 Å². The number of hydrogen-bond donors (Lipinski definition) is 1. The first-order valence-corrected chi connectivity index (χ1v) is 7.91. The Bertz CT molecular complexity index is 865. The Labute approximate surface area is 132 Å². The van der Waals surface area contributed by atoms with Gasteiger partial charge in [-0.15, -0.1) is 0 Å². The fraction of sp³-hybridized carbons (Fsp3) is 0.412. The van der Waals surface area contributed by atoms with Gasteiger partial charge in [-0.25, -0.2) is 4.79 Å². The van der Waals surface area contributed by atoms with Gasteiger partial charge in [0.1, 0.15) is 12.2 Å². The number of carbonyl (C=O) groups is 1. The molecule has 1 aromatic carbocycles. The zero-order chi connectivity index (χ0) is 16.1. The molecular weight excluding hydrogens is 296 g/mol. The number of aromatic nitrogens is 1. The summed E-state index contributed by atoms with van der Waals surface area (Å²) < 4.78 is 7.83. The summed E-state index contributed by atoms with van der Waals surface area (Å²) >= 11 is 0. The van der Waals surface area contributed by atoms with Crippen molar-refractivity contribution < 1.29 is 14.6 Å². The van der Waals surface area contributed by atoms with Crippen LogP contribution in [0.25, 0.3) is 10.9 Å². The molecule has 1 fully saturated rings. The molecular formula is C17H18N2O4. The Balaban J connectivity index is 2.05. The lowest BCUT2D eigenvalue weighted by atomic mass is 10.1. The number of hydrogen-bond acceptors (Lipinski definition) is 4. The second kappa shape index (κ2) is 5.01. The van der Waals surface area contributed by atoms with Crippen LogP contribution in [0, 0.1) is 0 Å². The second-order valence-electron chi connectivity index (χ2n) is 6.25. The third-order valence-corrected chi connectivity index (χ3v) is 4.75. The van der Waals surface area contributed by atoms with Crippen LogP contribution >= 0.6 is 0 Å². The lowest BCUT2D eigenvalue weighted by Gasteiger charge is -2.30. The normalized spacial score (nSPS) is 19.9. The topological polar surface area (TPSA) is 71.8 Å². The van der Waals surface area contributed by atoms with E-state index in [2.05, 4.69) is 4.90 Å². The number of anilines is 1. The zero-order valence-corrected chi connectivity index (χ0v) is 12.9. The number of pyridine rings is 1. The number of aromatic carboxylic acids is 1. The molecule has 0 spiro atoms. The third kappa shape index (κ3) is 2.01. The van der Waals surface area contributed by atoms with Crippen LogP contribution in [0.4, 0.5) is 5.69 Å². The van der Waals surface area contributed by atoms with Crippen molar-refractivity contribution in [1.82, 2.24) is 4.57 Å². The molecule has 23 heavy (non-hydrogen) atoms. The second-order valence-corrected chi connectivity index (χ2v) is 6.25. The zero-order valence-electron chi connectivity index (χ0n) is 12.9. The van der Waals surface area contributed by atoms with E-state index in [1.54, 1.807) is 6.07 Å². The molecule has 6 heteroatoms. The van der Waals surface area contributed by atoms with Crippen LogP contribution in [-0.4, -0.2) is 35.3 Å². The average Bonchev–Trinajstić information content (AvgIpc) is 3.06. The molecule has 0 radical (unpaired) electrons. The van der Waals surface area contributed by atoms with Crippen LogP contribution in [0.5, 0.6) is 5.75 Å². The van der Waals surface area contributed by atoms with Crippen molar-refractivity contribution in [2.45, 2.75) is 25.8 Å². The van der Waals surface area contributed by atoms with Crippen LogP contribution in [0.15, 0.2) is 23.1 Å². The smallest absolute Gasteiger partial charge is 0.341 e. The first-order chi connectivity index (χ1) is 11.1. The summed E-state index contributed by atoms with van der Waals surface area (Å²) in [5, 5.41) is 9.70.